The Balaban J connectivity index is 0.000000956. The molecule has 0 spiro atoms. The fourth-order valence-electron chi connectivity index (χ4n) is 2.49. The number of fused-ring (bicyclic) bond motifs is 1. The van der Waals surface area contributed by atoms with Crippen LogP contribution in [-0.2, 0) is 0 Å². The first-order chi connectivity index (χ1) is 9.47. The van der Waals surface area contributed by atoms with E-state index < -0.39 is 0 Å². The smallest absolute Gasteiger partial charge is 0.139 e. The van der Waals surface area contributed by atoms with Crippen molar-refractivity contribution in [2.24, 2.45) is 0 Å². The Morgan fingerprint density at radius 1 is 1.25 bits per heavy atom. The van der Waals surface area contributed by atoms with E-state index in [1.807, 2.05) is 26.8 Å². The van der Waals surface area contributed by atoms with Gasteiger partial charge in [0.1, 0.15) is 5.82 Å². The molecule has 0 atom stereocenters. The second kappa shape index (κ2) is 6.43. The van der Waals surface area contributed by atoms with Crippen LogP contribution in [0.5, 0.6) is 0 Å². The topological polar surface area (TPSA) is 26.0 Å². The summed E-state index contributed by atoms with van der Waals surface area (Å²) >= 11 is 0. The molecule has 2 rings (SSSR count). The summed E-state index contributed by atoms with van der Waals surface area (Å²) < 4.78 is 13.8. The van der Waals surface area contributed by atoms with Gasteiger partial charge in [0.25, 0.3) is 0 Å². The molecule has 0 fully saturated rings. The molecule has 2 heteroatoms. The fraction of sp³-hybridized carbons (Fsp3) is 0.333. The third kappa shape index (κ3) is 2.63. The highest BCUT2D eigenvalue weighted by atomic mass is 19.1. The number of anilines is 1. The number of hydrogen-bond acceptors (Lipinski definition) is 1. The first-order valence-corrected chi connectivity index (χ1v) is 6.95. The third-order valence-corrected chi connectivity index (χ3v) is 3.33. The van der Waals surface area contributed by atoms with Crippen molar-refractivity contribution < 1.29 is 4.39 Å². The zero-order chi connectivity index (χ0) is 15.4. The van der Waals surface area contributed by atoms with Gasteiger partial charge in [0.2, 0.25) is 0 Å². The van der Waals surface area contributed by atoms with Gasteiger partial charge in [-0.15, -0.1) is 6.42 Å². The van der Waals surface area contributed by atoms with Crippen molar-refractivity contribution in [1.82, 2.24) is 0 Å². The van der Waals surface area contributed by atoms with E-state index >= 15 is 0 Å². The molecule has 0 saturated carbocycles. The van der Waals surface area contributed by atoms with Crippen LogP contribution in [0.2, 0.25) is 0 Å². The molecule has 0 aliphatic rings. The van der Waals surface area contributed by atoms with Gasteiger partial charge >= 0.3 is 0 Å². The zero-order valence-corrected chi connectivity index (χ0v) is 12.8. The highest BCUT2D eigenvalue weighted by Crippen LogP contribution is 2.35. The van der Waals surface area contributed by atoms with E-state index in [4.69, 9.17) is 12.2 Å². The predicted octanol–water partition coefficient (Wildman–Crippen LogP) is 5.00. The molecule has 0 bridgehead atoms. The minimum atomic E-state index is -0.351. The van der Waals surface area contributed by atoms with Crippen molar-refractivity contribution >= 4 is 16.5 Å². The average molecular weight is 271 g/mol. The summed E-state index contributed by atoms with van der Waals surface area (Å²) in [5, 5.41) is 1.72. The molecule has 106 valence electrons. The second-order valence-corrected chi connectivity index (χ2v) is 4.82. The van der Waals surface area contributed by atoms with E-state index in [9.17, 15) is 4.39 Å². The van der Waals surface area contributed by atoms with Crippen LogP contribution in [0, 0.1) is 25.1 Å². The van der Waals surface area contributed by atoms with Crippen LogP contribution < -0.4 is 5.73 Å². The normalized spacial score (nSPS) is 10.1. The van der Waals surface area contributed by atoms with E-state index in [1.54, 1.807) is 6.07 Å². The van der Waals surface area contributed by atoms with Crippen LogP contribution in [0.15, 0.2) is 18.2 Å². The molecule has 0 radical (unpaired) electrons. The van der Waals surface area contributed by atoms with Gasteiger partial charge in [-0.25, -0.2) is 4.39 Å². The standard InChI is InChI=1S/C16H16FN.C2H6/c1-5-12-13(17)7-6-11-8-14(18)10(4)15(9(2)3)16(11)12;1-2/h1,6-9H,18H2,2-4H3;1-2H3. The van der Waals surface area contributed by atoms with Gasteiger partial charge < -0.3 is 5.73 Å². The van der Waals surface area contributed by atoms with Crippen molar-refractivity contribution in [3.8, 4) is 12.3 Å². The van der Waals surface area contributed by atoms with Gasteiger partial charge in [-0.3, -0.25) is 0 Å². The first-order valence-electron chi connectivity index (χ1n) is 6.95. The maximum absolute atomic E-state index is 13.8. The molecule has 0 saturated heterocycles. The lowest BCUT2D eigenvalue weighted by Gasteiger charge is -2.17. The molecule has 0 aliphatic heterocycles. The van der Waals surface area contributed by atoms with E-state index in [1.165, 1.54) is 6.07 Å². The van der Waals surface area contributed by atoms with Gasteiger partial charge in [-0.05, 0) is 41.5 Å². The van der Waals surface area contributed by atoms with Crippen molar-refractivity contribution in [2.75, 3.05) is 5.73 Å². The van der Waals surface area contributed by atoms with Gasteiger partial charge in [0.15, 0.2) is 0 Å². The SMILES string of the molecule is C#Cc1c(F)ccc2cc(N)c(C)c(C(C)C)c12.CC. The van der Waals surface area contributed by atoms with E-state index in [0.29, 0.717) is 5.56 Å². The third-order valence-electron chi connectivity index (χ3n) is 3.33. The fourth-order valence-corrected chi connectivity index (χ4v) is 2.49. The lowest BCUT2D eigenvalue weighted by atomic mass is 9.88. The van der Waals surface area contributed by atoms with Crippen LogP contribution in [0.25, 0.3) is 10.8 Å². The van der Waals surface area contributed by atoms with Crippen molar-refractivity contribution in [3.05, 3.63) is 40.7 Å². The maximum atomic E-state index is 13.8. The summed E-state index contributed by atoms with van der Waals surface area (Å²) in [5.41, 5.74) is 9.09. The molecule has 0 heterocycles. The summed E-state index contributed by atoms with van der Waals surface area (Å²) in [4.78, 5) is 0. The Labute approximate surface area is 121 Å². The summed E-state index contributed by atoms with van der Waals surface area (Å²) in [5.74, 6) is 2.35. The maximum Gasteiger partial charge on any atom is 0.139 e. The number of terminal acetylenes is 1. The molecule has 0 aromatic heterocycles. The van der Waals surface area contributed by atoms with Crippen LogP contribution in [0.4, 0.5) is 10.1 Å². The number of nitrogens with two attached hydrogens (primary N) is 1. The molecule has 2 aromatic carbocycles. The Hall–Kier alpha value is -2.01. The van der Waals surface area contributed by atoms with E-state index in [0.717, 1.165) is 27.6 Å². The first kappa shape index (κ1) is 16.0. The summed E-state index contributed by atoms with van der Waals surface area (Å²) in [6, 6.07) is 4.99. The molecule has 1 nitrogen and oxygen atoms in total. The van der Waals surface area contributed by atoms with Gasteiger partial charge in [0.05, 0.1) is 5.56 Å². The molecule has 2 aromatic rings. The minimum Gasteiger partial charge on any atom is -0.398 e. The second-order valence-electron chi connectivity index (χ2n) is 4.82. The Morgan fingerprint density at radius 2 is 1.85 bits per heavy atom. The monoisotopic (exact) mass is 271 g/mol. The lowest BCUT2D eigenvalue weighted by Crippen LogP contribution is -2.02. The number of nitrogen functional groups attached to an aromatic ring is 1. The van der Waals surface area contributed by atoms with Crippen LogP contribution in [0.1, 0.15) is 50.3 Å². The van der Waals surface area contributed by atoms with Crippen molar-refractivity contribution in [1.29, 1.82) is 0 Å². The zero-order valence-electron chi connectivity index (χ0n) is 12.8. The Kier molecular flexibility index (Phi) is 5.16. The largest absolute Gasteiger partial charge is 0.398 e. The van der Waals surface area contributed by atoms with Crippen molar-refractivity contribution in [3.63, 3.8) is 0 Å². The Morgan fingerprint density at radius 3 is 2.35 bits per heavy atom. The van der Waals surface area contributed by atoms with Gasteiger partial charge in [-0.2, -0.15) is 0 Å². The number of benzene rings is 2. The lowest BCUT2D eigenvalue weighted by molar-refractivity contribution is 0.626. The van der Waals surface area contributed by atoms with Gasteiger partial charge in [0, 0.05) is 11.1 Å². The highest BCUT2D eigenvalue weighted by molar-refractivity contribution is 5.95. The summed E-state index contributed by atoms with van der Waals surface area (Å²) in [6.45, 7) is 10.1. The molecular weight excluding hydrogens is 249 g/mol. The highest BCUT2D eigenvalue weighted by Gasteiger charge is 2.16. The number of hydrogen-bond donors (Lipinski definition) is 1. The molecule has 0 amide bonds. The summed E-state index contributed by atoms with van der Waals surface area (Å²) in [6.07, 6.45) is 5.45. The molecule has 20 heavy (non-hydrogen) atoms. The average Bonchev–Trinajstić information content (AvgIpc) is 2.42. The van der Waals surface area contributed by atoms with Crippen molar-refractivity contribution in [2.45, 2.75) is 40.5 Å². The summed E-state index contributed by atoms with van der Waals surface area (Å²) in [7, 11) is 0. The number of rotatable bonds is 1. The van der Waals surface area contributed by atoms with Crippen LogP contribution in [-0.4, -0.2) is 0 Å². The van der Waals surface area contributed by atoms with E-state index in [-0.39, 0.29) is 11.7 Å². The Bertz CT molecular complexity index is 663. The minimum absolute atomic E-state index is 0.241. The molecule has 0 aliphatic carbocycles. The van der Waals surface area contributed by atoms with Crippen LogP contribution >= 0.6 is 0 Å². The van der Waals surface area contributed by atoms with E-state index in [2.05, 4.69) is 19.8 Å². The predicted molar refractivity (Wildman–Crippen MR) is 86.4 cm³/mol. The quantitative estimate of drug-likeness (QED) is 0.573. The number of halogens is 1. The van der Waals surface area contributed by atoms with Crippen LogP contribution in [0.3, 0.4) is 0 Å². The van der Waals surface area contributed by atoms with Gasteiger partial charge in [-0.1, -0.05) is 39.7 Å². The molecule has 2 N–H and O–H groups in total. The molecular formula is C18H22FN. The molecule has 0 unspecified atom stereocenters.